The fraction of sp³-hybridized carbons (Fsp3) is 0.500. The first-order valence-electron chi connectivity index (χ1n) is 6.85. The molecule has 0 bridgehead atoms. The standard InChI is InChI=1S/C14H21N3O3S/c1-14(8-5-9-15-14)13(18)16-11-6-4-7-12(10-11)21(19,20)17(2)3/h4,6-7,10,15H,5,8-9H2,1-3H3,(H,16,18). The average Bonchev–Trinajstić information content (AvgIpc) is 2.87. The largest absolute Gasteiger partial charge is 0.324 e. The summed E-state index contributed by atoms with van der Waals surface area (Å²) in [6, 6.07) is 6.30. The lowest BCUT2D eigenvalue weighted by Crippen LogP contribution is -2.47. The maximum absolute atomic E-state index is 12.3. The second kappa shape index (κ2) is 5.75. The van der Waals surface area contributed by atoms with Crippen LogP contribution in [-0.2, 0) is 14.8 Å². The maximum atomic E-state index is 12.3. The predicted octanol–water partition coefficient (Wildman–Crippen LogP) is 1.02. The first kappa shape index (κ1) is 15.9. The molecule has 0 aliphatic carbocycles. The molecule has 1 saturated heterocycles. The summed E-state index contributed by atoms with van der Waals surface area (Å²) in [5.74, 6) is -0.139. The minimum Gasteiger partial charge on any atom is -0.324 e. The molecule has 1 aromatic carbocycles. The molecule has 2 N–H and O–H groups in total. The Labute approximate surface area is 125 Å². The molecule has 1 heterocycles. The summed E-state index contributed by atoms with van der Waals surface area (Å²) in [6.45, 7) is 2.68. The number of carbonyl (C=O) groups is 1. The number of hydrogen-bond donors (Lipinski definition) is 2. The van der Waals surface area contributed by atoms with E-state index in [0.717, 1.165) is 23.7 Å². The number of amides is 1. The monoisotopic (exact) mass is 311 g/mol. The minimum atomic E-state index is -3.50. The van der Waals surface area contributed by atoms with Crippen molar-refractivity contribution >= 4 is 21.6 Å². The molecule has 1 atom stereocenters. The van der Waals surface area contributed by atoms with Gasteiger partial charge in [-0.2, -0.15) is 0 Å². The summed E-state index contributed by atoms with van der Waals surface area (Å²) in [5, 5.41) is 5.97. The van der Waals surface area contributed by atoms with Crippen molar-refractivity contribution in [3.63, 3.8) is 0 Å². The van der Waals surface area contributed by atoms with Crippen LogP contribution in [0.25, 0.3) is 0 Å². The smallest absolute Gasteiger partial charge is 0.244 e. The Hall–Kier alpha value is -1.44. The molecule has 1 aromatic rings. The van der Waals surface area contributed by atoms with Crippen molar-refractivity contribution in [1.29, 1.82) is 0 Å². The third kappa shape index (κ3) is 3.25. The molecule has 0 aromatic heterocycles. The van der Waals surface area contributed by atoms with Gasteiger partial charge in [0.15, 0.2) is 0 Å². The van der Waals surface area contributed by atoms with Gasteiger partial charge in [0.1, 0.15) is 0 Å². The van der Waals surface area contributed by atoms with E-state index >= 15 is 0 Å². The zero-order valence-corrected chi connectivity index (χ0v) is 13.3. The highest BCUT2D eigenvalue weighted by atomic mass is 32.2. The Morgan fingerprint density at radius 3 is 2.67 bits per heavy atom. The first-order chi connectivity index (χ1) is 9.75. The number of nitrogens with zero attached hydrogens (tertiary/aromatic N) is 1. The molecular weight excluding hydrogens is 290 g/mol. The number of carbonyl (C=O) groups excluding carboxylic acids is 1. The van der Waals surface area contributed by atoms with Crippen LogP contribution in [0.15, 0.2) is 29.2 Å². The quantitative estimate of drug-likeness (QED) is 0.870. The number of benzene rings is 1. The van der Waals surface area contributed by atoms with Crippen molar-refractivity contribution < 1.29 is 13.2 Å². The highest BCUT2D eigenvalue weighted by molar-refractivity contribution is 7.89. The molecule has 7 heteroatoms. The topological polar surface area (TPSA) is 78.5 Å². The van der Waals surface area contributed by atoms with Gasteiger partial charge in [0.2, 0.25) is 15.9 Å². The summed E-state index contributed by atoms with van der Waals surface area (Å²) in [5.41, 5.74) is -0.103. The highest BCUT2D eigenvalue weighted by Gasteiger charge is 2.35. The predicted molar refractivity (Wildman–Crippen MR) is 81.6 cm³/mol. The molecule has 6 nitrogen and oxygen atoms in total. The zero-order chi connectivity index (χ0) is 15.7. The molecule has 1 unspecified atom stereocenters. The molecule has 116 valence electrons. The fourth-order valence-corrected chi connectivity index (χ4v) is 3.25. The van der Waals surface area contributed by atoms with Crippen LogP contribution in [0.5, 0.6) is 0 Å². The summed E-state index contributed by atoms with van der Waals surface area (Å²) >= 11 is 0. The van der Waals surface area contributed by atoms with Gasteiger partial charge in [-0.25, -0.2) is 12.7 Å². The molecule has 0 spiro atoms. The van der Waals surface area contributed by atoms with Crippen molar-refractivity contribution in [3.8, 4) is 0 Å². The van der Waals surface area contributed by atoms with Gasteiger partial charge in [-0.3, -0.25) is 4.79 Å². The molecule has 0 saturated carbocycles. The van der Waals surface area contributed by atoms with Gasteiger partial charge < -0.3 is 10.6 Å². The average molecular weight is 311 g/mol. The lowest BCUT2D eigenvalue weighted by molar-refractivity contribution is -0.121. The third-order valence-corrected chi connectivity index (χ3v) is 5.55. The Balaban J connectivity index is 2.21. The van der Waals surface area contributed by atoms with Gasteiger partial charge in [0, 0.05) is 19.8 Å². The molecule has 1 aliphatic rings. The molecule has 2 rings (SSSR count). The summed E-state index contributed by atoms with van der Waals surface area (Å²) in [7, 11) is -0.551. The molecule has 1 aliphatic heterocycles. The Kier molecular flexibility index (Phi) is 4.36. The van der Waals surface area contributed by atoms with Crippen LogP contribution in [0, 0.1) is 0 Å². The van der Waals surface area contributed by atoms with E-state index in [1.165, 1.54) is 26.2 Å². The highest BCUT2D eigenvalue weighted by Crippen LogP contribution is 2.22. The van der Waals surface area contributed by atoms with Crippen LogP contribution >= 0.6 is 0 Å². The van der Waals surface area contributed by atoms with Gasteiger partial charge in [0.05, 0.1) is 10.4 Å². The zero-order valence-electron chi connectivity index (χ0n) is 12.5. The van der Waals surface area contributed by atoms with E-state index in [9.17, 15) is 13.2 Å². The second-order valence-electron chi connectivity index (χ2n) is 5.63. The van der Waals surface area contributed by atoms with Gasteiger partial charge in [-0.05, 0) is 44.5 Å². The van der Waals surface area contributed by atoms with Crippen LogP contribution in [0.2, 0.25) is 0 Å². The first-order valence-corrected chi connectivity index (χ1v) is 8.29. The molecule has 0 radical (unpaired) electrons. The van der Waals surface area contributed by atoms with E-state index in [-0.39, 0.29) is 10.8 Å². The van der Waals surface area contributed by atoms with Crippen molar-refractivity contribution in [1.82, 2.24) is 9.62 Å². The van der Waals surface area contributed by atoms with Gasteiger partial charge in [-0.15, -0.1) is 0 Å². The van der Waals surface area contributed by atoms with E-state index in [4.69, 9.17) is 0 Å². The van der Waals surface area contributed by atoms with E-state index in [1.807, 2.05) is 6.92 Å². The number of hydrogen-bond acceptors (Lipinski definition) is 4. The lowest BCUT2D eigenvalue weighted by Gasteiger charge is -2.23. The number of anilines is 1. The summed E-state index contributed by atoms with van der Waals surface area (Å²) in [4.78, 5) is 12.5. The van der Waals surface area contributed by atoms with Crippen molar-refractivity contribution in [2.24, 2.45) is 0 Å². The van der Waals surface area contributed by atoms with Gasteiger partial charge >= 0.3 is 0 Å². The van der Waals surface area contributed by atoms with E-state index in [0.29, 0.717) is 5.69 Å². The Morgan fingerprint density at radius 2 is 2.10 bits per heavy atom. The summed E-state index contributed by atoms with van der Waals surface area (Å²) < 4.78 is 25.3. The number of nitrogens with one attached hydrogen (secondary N) is 2. The molecule has 21 heavy (non-hydrogen) atoms. The van der Waals surface area contributed by atoms with Crippen LogP contribution < -0.4 is 10.6 Å². The lowest BCUT2D eigenvalue weighted by atomic mass is 9.99. The minimum absolute atomic E-state index is 0.139. The number of rotatable bonds is 4. The fourth-order valence-electron chi connectivity index (χ4n) is 2.30. The molecule has 1 fully saturated rings. The van der Waals surface area contributed by atoms with Crippen LogP contribution in [-0.4, -0.2) is 44.8 Å². The van der Waals surface area contributed by atoms with Crippen molar-refractivity contribution in [2.45, 2.75) is 30.2 Å². The Bertz CT molecular complexity index is 635. The molecular formula is C14H21N3O3S. The van der Waals surface area contributed by atoms with E-state index in [2.05, 4.69) is 10.6 Å². The Morgan fingerprint density at radius 1 is 1.38 bits per heavy atom. The van der Waals surface area contributed by atoms with E-state index < -0.39 is 15.6 Å². The van der Waals surface area contributed by atoms with Crippen molar-refractivity contribution in [3.05, 3.63) is 24.3 Å². The molecule has 1 amide bonds. The van der Waals surface area contributed by atoms with E-state index in [1.54, 1.807) is 12.1 Å². The van der Waals surface area contributed by atoms with Crippen LogP contribution in [0.1, 0.15) is 19.8 Å². The SMILES string of the molecule is CN(C)S(=O)(=O)c1cccc(NC(=O)C2(C)CCCN2)c1. The van der Waals surface area contributed by atoms with Crippen LogP contribution in [0.4, 0.5) is 5.69 Å². The normalized spacial score (nSPS) is 22.5. The summed E-state index contributed by atoms with van der Waals surface area (Å²) in [6.07, 6.45) is 1.73. The number of sulfonamides is 1. The van der Waals surface area contributed by atoms with Gasteiger partial charge in [0.25, 0.3) is 0 Å². The van der Waals surface area contributed by atoms with Gasteiger partial charge in [-0.1, -0.05) is 6.07 Å². The second-order valence-corrected chi connectivity index (χ2v) is 7.78. The third-order valence-electron chi connectivity index (χ3n) is 3.74. The van der Waals surface area contributed by atoms with Crippen molar-refractivity contribution in [2.75, 3.05) is 26.0 Å². The van der Waals surface area contributed by atoms with Crippen LogP contribution in [0.3, 0.4) is 0 Å². The maximum Gasteiger partial charge on any atom is 0.244 e.